The number of carbonyl (C=O) groups is 3. The number of amides is 2. The number of benzene rings is 2. The third-order valence-corrected chi connectivity index (χ3v) is 7.03. The number of nitrogens with zero attached hydrogens (tertiary/aromatic N) is 1. The molecular weight excluding hydrogens is 493 g/mol. The van der Waals surface area contributed by atoms with E-state index in [0.29, 0.717) is 23.8 Å². The minimum Gasteiger partial charge on any atom is -0.454 e. The molecule has 0 fully saturated rings. The van der Waals surface area contributed by atoms with Crippen molar-refractivity contribution in [2.45, 2.75) is 18.7 Å². The van der Waals surface area contributed by atoms with Gasteiger partial charge in [-0.25, -0.2) is 8.42 Å². The van der Waals surface area contributed by atoms with Gasteiger partial charge in [-0.3, -0.25) is 14.4 Å². The first-order valence-electron chi connectivity index (χ1n) is 9.87. The molecule has 2 amide bonds. The zero-order valence-electron chi connectivity index (χ0n) is 17.9. The number of ether oxygens (including phenoxy) is 1. The first-order valence-corrected chi connectivity index (χ1v) is 12.1. The molecule has 0 aromatic heterocycles. The first kappa shape index (κ1) is 26.6. The van der Waals surface area contributed by atoms with Gasteiger partial charge in [-0.2, -0.15) is 4.31 Å². The predicted molar refractivity (Wildman–Crippen MR) is 125 cm³/mol. The number of rotatable bonds is 10. The number of hydrogen-bond donors (Lipinski definition) is 2. The molecule has 0 aliphatic heterocycles. The summed E-state index contributed by atoms with van der Waals surface area (Å²) < 4.78 is 31.1. The topological polar surface area (TPSA) is 122 Å². The van der Waals surface area contributed by atoms with Crippen molar-refractivity contribution < 1.29 is 27.5 Å². The predicted octanol–water partition coefficient (Wildman–Crippen LogP) is 2.94. The lowest BCUT2D eigenvalue weighted by atomic mass is 10.2. The summed E-state index contributed by atoms with van der Waals surface area (Å²) >= 11 is 11.7. The Morgan fingerprint density at radius 3 is 2.21 bits per heavy atom. The molecule has 0 saturated heterocycles. The fourth-order valence-electron chi connectivity index (χ4n) is 2.74. The van der Waals surface area contributed by atoms with E-state index in [1.165, 1.54) is 46.8 Å². The fraction of sp³-hybridized carbons (Fsp3) is 0.286. The van der Waals surface area contributed by atoms with Crippen molar-refractivity contribution in [3.63, 3.8) is 0 Å². The molecule has 9 nitrogen and oxygen atoms in total. The third kappa shape index (κ3) is 7.43. The number of sulfonamides is 1. The van der Waals surface area contributed by atoms with E-state index in [4.69, 9.17) is 27.9 Å². The highest BCUT2D eigenvalue weighted by molar-refractivity contribution is 7.89. The lowest BCUT2D eigenvalue weighted by Crippen LogP contribution is -2.32. The molecule has 2 rings (SSSR count). The van der Waals surface area contributed by atoms with Gasteiger partial charge in [-0.15, -0.1) is 0 Å². The Labute approximate surface area is 202 Å². The van der Waals surface area contributed by atoms with Crippen LogP contribution in [0.2, 0.25) is 10.0 Å². The Morgan fingerprint density at radius 1 is 1.00 bits per heavy atom. The molecule has 2 N–H and O–H groups in total. The fourth-order valence-corrected chi connectivity index (χ4v) is 4.69. The zero-order chi connectivity index (χ0) is 24.6. The Morgan fingerprint density at radius 2 is 1.64 bits per heavy atom. The van der Waals surface area contributed by atoms with Gasteiger partial charge in [0.25, 0.3) is 11.8 Å². The number of anilines is 1. The number of halogens is 2. The molecule has 0 aliphatic rings. The van der Waals surface area contributed by atoms with Crippen molar-refractivity contribution in [1.29, 1.82) is 0 Å². The average Bonchev–Trinajstić information content (AvgIpc) is 2.77. The van der Waals surface area contributed by atoms with E-state index in [0.717, 1.165) is 0 Å². The standard InChI is InChI=1S/C21H23Cl2N3O6S/c1-3-26(4-2)33(30,31)16-8-6-15(7-9-16)25-19(27)13-32-20(28)12-24-21(29)17-10-5-14(22)11-18(17)23/h5-11H,3-4,12-13H2,1-2H3,(H,24,29)(H,25,27). The highest BCUT2D eigenvalue weighted by atomic mass is 35.5. The summed E-state index contributed by atoms with van der Waals surface area (Å²) in [5.41, 5.74) is 0.471. The number of hydrogen-bond acceptors (Lipinski definition) is 6. The Balaban J connectivity index is 1.82. The highest BCUT2D eigenvalue weighted by Crippen LogP contribution is 2.21. The smallest absolute Gasteiger partial charge is 0.325 e. The van der Waals surface area contributed by atoms with Crippen molar-refractivity contribution in [2.24, 2.45) is 0 Å². The van der Waals surface area contributed by atoms with E-state index >= 15 is 0 Å². The van der Waals surface area contributed by atoms with Crippen molar-refractivity contribution in [3.8, 4) is 0 Å². The van der Waals surface area contributed by atoms with E-state index in [9.17, 15) is 22.8 Å². The van der Waals surface area contributed by atoms with Crippen molar-refractivity contribution >= 4 is 56.7 Å². The van der Waals surface area contributed by atoms with Crippen LogP contribution in [0.3, 0.4) is 0 Å². The van der Waals surface area contributed by atoms with Gasteiger partial charge in [0.2, 0.25) is 10.0 Å². The summed E-state index contributed by atoms with van der Waals surface area (Å²) in [6.45, 7) is 3.12. The molecule has 0 saturated carbocycles. The van der Waals surface area contributed by atoms with E-state index < -0.39 is 41.0 Å². The maximum atomic E-state index is 12.5. The second kappa shape index (κ2) is 12.0. The van der Waals surface area contributed by atoms with E-state index in [1.54, 1.807) is 13.8 Å². The lowest BCUT2D eigenvalue weighted by Gasteiger charge is -2.18. The van der Waals surface area contributed by atoms with Gasteiger partial charge in [0, 0.05) is 23.8 Å². The summed E-state index contributed by atoms with van der Waals surface area (Å²) in [6.07, 6.45) is 0. The average molecular weight is 516 g/mol. The van der Waals surface area contributed by atoms with Crippen molar-refractivity contribution in [3.05, 3.63) is 58.1 Å². The molecule has 0 spiro atoms. The van der Waals surface area contributed by atoms with Crippen LogP contribution in [0.25, 0.3) is 0 Å². The van der Waals surface area contributed by atoms with Gasteiger partial charge in [0.1, 0.15) is 6.54 Å². The summed E-state index contributed by atoms with van der Waals surface area (Å²) in [7, 11) is -3.60. The molecule has 12 heteroatoms. The van der Waals surface area contributed by atoms with Gasteiger partial charge in [0.05, 0.1) is 15.5 Å². The minimum atomic E-state index is -3.60. The van der Waals surface area contributed by atoms with Crippen LogP contribution < -0.4 is 10.6 Å². The monoisotopic (exact) mass is 515 g/mol. The van der Waals surface area contributed by atoms with Gasteiger partial charge < -0.3 is 15.4 Å². The Hall–Kier alpha value is -2.66. The third-order valence-electron chi connectivity index (χ3n) is 4.41. The van der Waals surface area contributed by atoms with Crippen LogP contribution in [0, 0.1) is 0 Å². The maximum absolute atomic E-state index is 12.5. The summed E-state index contributed by atoms with van der Waals surface area (Å²) in [4.78, 5) is 36.0. The van der Waals surface area contributed by atoms with Crippen LogP contribution in [0.1, 0.15) is 24.2 Å². The molecule has 0 aliphatic carbocycles. The van der Waals surface area contributed by atoms with E-state index in [1.807, 2.05) is 0 Å². The van der Waals surface area contributed by atoms with Crippen molar-refractivity contribution in [2.75, 3.05) is 31.6 Å². The molecule has 2 aromatic rings. The summed E-state index contributed by atoms with van der Waals surface area (Å²) in [5.74, 6) is -2.06. The number of nitrogens with one attached hydrogen (secondary N) is 2. The highest BCUT2D eigenvalue weighted by Gasteiger charge is 2.21. The Kier molecular flexibility index (Phi) is 9.66. The van der Waals surface area contributed by atoms with Gasteiger partial charge in [-0.1, -0.05) is 37.0 Å². The van der Waals surface area contributed by atoms with E-state index in [-0.39, 0.29) is 15.5 Å². The van der Waals surface area contributed by atoms with Crippen LogP contribution >= 0.6 is 23.2 Å². The maximum Gasteiger partial charge on any atom is 0.325 e. The van der Waals surface area contributed by atoms with Crippen LogP contribution in [0.5, 0.6) is 0 Å². The van der Waals surface area contributed by atoms with Gasteiger partial charge >= 0.3 is 5.97 Å². The molecule has 178 valence electrons. The van der Waals surface area contributed by atoms with Crippen LogP contribution in [0.15, 0.2) is 47.4 Å². The van der Waals surface area contributed by atoms with Gasteiger partial charge in [-0.05, 0) is 42.5 Å². The molecule has 0 unspecified atom stereocenters. The SMILES string of the molecule is CCN(CC)S(=O)(=O)c1ccc(NC(=O)COC(=O)CNC(=O)c2ccc(Cl)cc2Cl)cc1. The summed E-state index contributed by atoms with van der Waals surface area (Å²) in [5, 5.41) is 5.32. The number of esters is 1. The van der Waals surface area contributed by atoms with Crippen molar-refractivity contribution in [1.82, 2.24) is 9.62 Å². The van der Waals surface area contributed by atoms with Crippen LogP contribution in [0.4, 0.5) is 5.69 Å². The molecule has 0 bridgehead atoms. The quantitative estimate of drug-likeness (QED) is 0.469. The second-order valence-corrected chi connectivity index (χ2v) is 9.41. The second-order valence-electron chi connectivity index (χ2n) is 6.63. The largest absolute Gasteiger partial charge is 0.454 e. The molecule has 33 heavy (non-hydrogen) atoms. The zero-order valence-corrected chi connectivity index (χ0v) is 20.3. The molecule has 0 radical (unpaired) electrons. The molecule has 0 heterocycles. The Bertz CT molecular complexity index is 1120. The molecule has 2 aromatic carbocycles. The number of carbonyl (C=O) groups excluding carboxylic acids is 3. The minimum absolute atomic E-state index is 0.104. The van der Waals surface area contributed by atoms with Gasteiger partial charge in [0.15, 0.2) is 6.61 Å². The summed E-state index contributed by atoms with van der Waals surface area (Å²) in [6, 6.07) is 9.93. The van der Waals surface area contributed by atoms with E-state index in [2.05, 4.69) is 10.6 Å². The first-order chi connectivity index (χ1) is 15.6. The normalized spacial score (nSPS) is 11.2. The van der Waals surface area contributed by atoms with Crippen LogP contribution in [-0.4, -0.2) is 56.7 Å². The molecular formula is C21H23Cl2N3O6S. The molecule has 0 atom stereocenters. The van der Waals surface area contributed by atoms with Crippen LogP contribution in [-0.2, 0) is 24.3 Å². The lowest BCUT2D eigenvalue weighted by molar-refractivity contribution is -0.146.